The Balaban J connectivity index is 2.21. The van der Waals surface area contributed by atoms with Gasteiger partial charge in [0.25, 0.3) is 0 Å². The summed E-state index contributed by atoms with van der Waals surface area (Å²) in [5.74, 6) is 0.0497. The van der Waals surface area contributed by atoms with Crippen LogP contribution in [0.3, 0.4) is 0 Å². The molecule has 0 spiro atoms. The number of ether oxygens (including phenoxy) is 1. The molecule has 0 aliphatic rings. The highest BCUT2D eigenvalue weighted by Crippen LogP contribution is 2.15. The molecule has 1 aromatic rings. The molecule has 1 rings (SSSR count). The lowest BCUT2D eigenvalue weighted by Gasteiger charge is -2.06. The van der Waals surface area contributed by atoms with Crippen molar-refractivity contribution in [1.82, 2.24) is 0 Å². The number of hydrogen-bond donors (Lipinski definition) is 1. The average molecular weight is 264 g/mol. The van der Waals surface area contributed by atoms with E-state index in [9.17, 15) is 4.79 Å². The van der Waals surface area contributed by atoms with Crippen molar-refractivity contribution in [2.24, 2.45) is 0 Å². The zero-order chi connectivity index (χ0) is 13.9. The third-order valence-electron chi connectivity index (χ3n) is 3.05. The van der Waals surface area contributed by atoms with Crippen LogP contribution in [0.2, 0.25) is 0 Å². The molecule has 0 aliphatic heterocycles. The van der Waals surface area contributed by atoms with Gasteiger partial charge in [0.1, 0.15) is 5.75 Å². The van der Waals surface area contributed by atoms with Gasteiger partial charge in [-0.1, -0.05) is 38.3 Å². The molecule has 0 saturated heterocycles. The first-order valence-corrected chi connectivity index (χ1v) is 7.16. The fourth-order valence-electron chi connectivity index (χ4n) is 1.92. The van der Waals surface area contributed by atoms with Gasteiger partial charge in [0, 0.05) is 6.42 Å². The van der Waals surface area contributed by atoms with Crippen molar-refractivity contribution in [3.05, 3.63) is 29.8 Å². The molecule has 0 bridgehead atoms. The number of hydrogen-bond acceptors (Lipinski definition) is 2. The summed E-state index contributed by atoms with van der Waals surface area (Å²) in [6, 6.07) is 8.13. The summed E-state index contributed by atoms with van der Waals surface area (Å²) >= 11 is 0. The molecule has 0 aromatic heterocycles. The molecule has 1 N–H and O–H groups in total. The van der Waals surface area contributed by atoms with Crippen LogP contribution < -0.4 is 4.74 Å². The maximum absolute atomic E-state index is 10.3. The van der Waals surface area contributed by atoms with Crippen LogP contribution in [-0.2, 0) is 11.2 Å². The molecule has 0 aliphatic carbocycles. The quantitative estimate of drug-likeness (QED) is 0.648. The first-order valence-electron chi connectivity index (χ1n) is 7.16. The van der Waals surface area contributed by atoms with Crippen LogP contribution in [0.1, 0.15) is 51.0 Å². The summed E-state index contributed by atoms with van der Waals surface area (Å²) in [6.45, 7) is 2.68. The Morgan fingerprint density at radius 2 is 1.84 bits per heavy atom. The fraction of sp³-hybridized carbons (Fsp3) is 0.562. The number of carboxylic acids is 1. The van der Waals surface area contributed by atoms with E-state index in [0.717, 1.165) is 12.2 Å². The topological polar surface area (TPSA) is 46.5 Å². The second-order valence-electron chi connectivity index (χ2n) is 4.80. The Bertz CT molecular complexity index is 357. The molecule has 3 nitrogen and oxygen atoms in total. The van der Waals surface area contributed by atoms with Gasteiger partial charge in [0.15, 0.2) is 0 Å². The number of carbonyl (C=O) groups is 1. The molecule has 19 heavy (non-hydrogen) atoms. The molecule has 0 saturated carbocycles. The van der Waals surface area contributed by atoms with Crippen LogP contribution >= 0.6 is 0 Å². The molecule has 0 atom stereocenters. The van der Waals surface area contributed by atoms with E-state index in [2.05, 4.69) is 19.1 Å². The Morgan fingerprint density at radius 3 is 2.47 bits per heavy atom. The Morgan fingerprint density at radius 1 is 1.11 bits per heavy atom. The summed E-state index contributed by atoms with van der Waals surface area (Å²) in [4.78, 5) is 10.3. The van der Waals surface area contributed by atoms with Gasteiger partial charge >= 0.3 is 5.97 Å². The molecule has 0 heterocycles. The van der Waals surface area contributed by atoms with Crippen molar-refractivity contribution in [2.45, 2.75) is 51.9 Å². The van der Waals surface area contributed by atoms with E-state index in [-0.39, 0.29) is 6.42 Å². The normalized spacial score (nSPS) is 10.4. The van der Waals surface area contributed by atoms with Crippen LogP contribution in [0.25, 0.3) is 0 Å². The first kappa shape index (κ1) is 15.5. The van der Waals surface area contributed by atoms with Crippen molar-refractivity contribution in [3.8, 4) is 5.75 Å². The molecule has 0 fully saturated rings. The molecule has 1 aromatic carbocycles. The van der Waals surface area contributed by atoms with E-state index in [0.29, 0.717) is 13.0 Å². The molecule has 106 valence electrons. The monoisotopic (exact) mass is 264 g/mol. The highest BCUT2D eigenvalue weighted by atomic mass is 16.5. The molecule has 0 radical (unpaired) electrons. The van der Waals surface area contributed by atoms with Gasteiger partial charge in [0.05, 0.1) is 6.61 Å². The van der Waals surface area contributed by atoms with Gasteiger partial charge < -0.3 is 9.84 Å². The van der Waals surface area contributed by atoms with E-state index in [1.54, 1.807) is 0 Å². The van der Waals surface area contributed by atoms with E-state index < -0.39 is 5.97 Å². The minimum Gasteiger partial charge on any atom is -0.494 e. The van der Waals surface area contributed by atoms with Crippen LogP contribution in [0.4, 0.5) is 0 Å². The van der Waals surface area contributed by atoms with Gasteiger partial charge in [-0.2, -0.15) is 0 Å². The van der Waals surface area contributed by atoms with Gasteiger partial charge in [-0.3, -0.25) is 4.79 Å². The van der Waals surface area contributed by atoms with Gasteiger partial charge in [-0.25, -0.2) is 0 Å². The maximum atomic E-state index is 10.3. The second-order valence-corrected chi connectivity index (χ2v) is 4.80. The summed E-state index contributed by atoms with van der Waals surface area (Å²) < 4.78 is 5.49. The largest absolute Gasteiger partial charge is 0.494 e. The number of aliphatic carboxylic acids is 1. The summed E-state index contributed by atoms with van der Waals surface area (Å²) in [7, 11) is 0. The first-order chi connectivity index (χ1) is 9.22. The lowest BCUT2D eigenvalue weighted by molar-refractivity contribution is -0.137. The summed E-state index contributed by atoms with van der Waals surface area (Å²) in [5, 5.41) is 8.51. The van der Waals surface area contributed by atoms with E-state index >= 15 is 0 Å². The predicted octanol–water partition coefficient (Wildman–Crippen LogP) is 4.05. The van der Waals surface area contributed by atoms with E-state index in [1.165, 1.54) is 31.2 Å². The van der Waals surface area contributed by atoms with Crippen molar-refractivity contribution >= 4 is 5.97 Å². The minimum absolute atomic E-state index is 0.162. The van der Waals surface area contributed by atoms with Gasteiger partial charge in [-0.05, 0) is 37.0 Å². The number of carboxylic acid groups (broad SMARTS) is 1. The Labute approximate surface area is 115 Å². The molecule has 0 unspecified atom stereocenters. The fourth-order valence-corrected chi connectivity index (χ4v) is 1.92. The van der Waals surface area contributed by atoms with Crippen LogP contribution in [-0.4, -0.2) is 17.7 Å². The van der Waals surface area contributed by atoms with Crippen molar-refractivity contribution in [1.29, 1.82) is 0 Å². The van der Waals surface area contributed by atoms with Gasteiger partial charge in [-0.15, -0.1) is 0 Å². The van der Waals surface area contributed by atoms with Crippen molar-refractivity contribution in [3.63, 3.8) is 0 Å². The minimum atomic E-state index is -0.772. The number of unbranched alkanes of at least 4 members (excludes halogenated alkanes) is 3. The smallest absolute Gasteiger partial charge is 0.303 e. The molecule has 3 heteroatoms. The van der Waals surface area contributed by atoms with Gasteiger partial charge in [0.2, 0.25) is 0 Å². The molecular weight excluding hydrogens is 240 g/mol. The lowest BCUT2D eigenvalue weighted by Crippen LogP contribution is -2.02. The van der Waals surface area contributed by atoms with E-state index in [1.807, 2.05) is 12.1 Å². The van der Waals surface area contributed by atoms with Crippen LogP contribution in [0.5, 0.6) is 5.75 Å². The van der Waals surface area contributed by atoms with Crippen molar-refractivity contribution in [2.75, 3.05) is 6.61 Å². The number of benzene rings is 1. The zero-order valence-electron chi connectivity index (χ0n) is 11.7. The Hall–Kier alpha value is -1.51. The number of aryl methyl sites for hydroxylation is 1. The second kappa shape index (κ2) is 9.42. The highest BCUT2D eigenvalue weighted by molar-refractivity contribution is 5.66. The van der Waals surface area contributed by atoms with E-state index in [4.69, 9.17) is 9.84 Å². The lowest BCUT2D eigenvalue weighted by atomic mass is 10.1. The molecular formula is C16H24O3. The standard InChI is InChI=1S/C16H24O3/c1-2-3-4-5-7-14-9-11-15(12-10-14)19-13-6-8-16(17)18/h9-12H,2-8,13H2,1H3,(H,17,18). The van der Waals surface area contributed by atoms with Crippen LogP contribution in [0.15, 0.2) is 24.3 Å². The third kappa shape index (κ3) is 7.50. The third-order valence-corrected chi connectivity index (χ3v) is 3.05. The molecule has 0 amide bonds. The zero-order valence-corrected chi connectivity index (χ0v) is 11.7. The number of rotatable bonds is 10. The highest BCUT2D eigenvalue weighted by Gasteiger charge is 1.99. The SMILES string of the molecule is CCCCCCc1ccc(OCCCC(=O)O)cc1. The maximum Gasteiger partial charge on any atom is 0.303 e. The summed E-state index contributed by atoms with van der Waals surface area (Å²) in [6.07, 6.45) is 6.95. The van der Waals surface area contributed by atoms with Crippen LogP contribution in [0, 0.1) is 0 Å². The Kier molecular flexibility index (Phi) is 7.71. The predicted molar refractivity (Wildman–Crippen MR) is 76.7 cm³/mol. The summed E-state index contributed by atoms with van der Waals surface area (Å²) in [5.41, 5.74) is 1.34. The average Bonchev–Trinajstić information content (AvgIpc) is 2.41. The van der Waals surface area contributed by atoms with Crippen molar-refractivity contribution < 1.29 is 14.6 Å².